The van der Waals surface area contributed by atoms with Crippen molar-refractivity contribution in [3.63, 3.8) is 0 Å². The number of carbonyl (C=O) groups is 1. The molecule has 0 saturated heterocycles. The zero-order chi connectivity index (χ0) is 10.2. The van der Waals surface area contributed by atoms with E-state index >= 15 is 0 Å². The Morgan fingerprint density at radius 2 is 2.29 bits per heavy atom. The van der Waals surface area contributed by atoms with Gasteiger partial charge in [0.25, 0.3) is 0 Å². The van der Waals surface area contributed by atoms with Gasteiger partial charge < -0.3 is 9.47 Å². The van der Waals surface area contributed by atoms with E-state index in [1.54, 1.807) is 0 Å². The Bertz CT molecular complexity index is 199. The third-order valence-electron chi connectivity index (χ3n) is 2.24. The van der Waals surface area contributed by atoms with Crippen LogP contribution in [0, 0.1) is 5.92 Å². The summed E-state index contributed by atoms with van der Waals surface area (Å²) in [4.78, 5) is 11.0. The van der Waals surface area contributed by atoms with Gasteiger partial charge >= 0.3 is 6.16 Å². The molecule has 0 amide bonds. The topological polar surface area (TPSA) is 35.5 Å². The monoisotopic (exact) mass is 198 g/mol. The van der Waals surface area contributed by atoms with E-state index in [-0.39, 0.29) is 0 Å². The Labute approximate surface area is 85.1 Å². The standard InChI is InChI=1S/C11H18O3/c1-2-8-13-11(12)14-9-10-6-4-3-5-7-10/h3-4,10H,2,5-9H2,1H3. The van der Waals surface area contributed by atoms with E-state index in [4.69, 9.17) is 9.47 Å². The van der Waals surface area contributed by atoms with Crippen molar-refractivity contribution in [2.75, 3.05) is 13.2 Å². The zero-order valence-electron chi connectivity index (χ0n) is 8.70. The highest BCUT2D eigenvalue weighted by atomic mass is 16.7. The SMILES string of the molecule is CCCOC(=O)OCC1CC=CCC1. The minimum Gasteiger partial charge on any atom is -0.434 e. The summed E-state index contributed by atoms with van der Waals surface area (Å²) in [5, 5.41) is 0. The molecule has 0 heterocycles. The molecule has 3 nitrogen and oxygen atoms in total. The molecule has 1 aliphatic rings. The van der Waals surface area contributed by atoms with E-state index in [2.05, 4.69) is 12.2 Å². The molecule has 0 bridgehead atoms. The van der Waals surface area contributed by atoms with Gasteiger partial charge in [-0.05, 0) is 31.6 Å². The van der Waals surface area contributed by atoms with E-state index in [1.165, 1.54) is 0 Å². The van der Waals surface area contributed by atoms with Gasteiger partial charge in [-0.25, -0.2) is 4.79 Å². The van der Waals surface area contributed by atoms with Crippen LogP contribution >= 0.6 is 0 Å². The van der Waals surface area contributed by atoms with Crippen molar-refractivity contribution in [2.45, 2.75) is 32.6 Å². The lowest BCUT2D eigenvalue weighted by Crippen LogP contribution is -2.16. The van der Waals surface area contributed by atoms with Crippen LogP contribution in [-0.2, 0) is 9.47 Å². The summed E-state index contributed by atoms with van der Waals surface area (Å²) in [6.07, 6.45) is 7.85. The lowest BCUT2D eigenvalue weighted by Gasteiger charge is -2.16. The first-order valence-electron chi connectivity index (χ1n) is 5.27. The Kier molecular flexibility index (Phi) is 5.12. The van der Waals surface area contributed by atoms with Crippen LogP contribution in [0.1, 0.15) is 32.6 Å². The van der Waals surface area contributed by atoms with Gasteiger partial charge in [0.1, 0.15) is 0 Å². The molecule has 1 atom stereocenters. The van der Waals surface area contributed by atoms with Crippen LogP contribution in [0.2, 0.25) is 0 Å². The van der Waals surface area contributed by atoms with Gasteiger partial charge in [-0.1, -0.05) is 19.1 Å². The highest BCUT2D eigenvalue weighted by Crippen LogP contribution is 2.18. The predicted molar refractivity (Wildman–Crippen MR) is 54.1 cm³/mol. The van der Waals surface area contributed by atoms with Gasteiger partial charge in [-0.2, -0.15) is 0 Å². The fraction of sp³-hybridized carbons (Fsp3) is 0.727. The molecule has 0 aromatic carbocycles. The van der Waals surface area contributed by atoms with Gasteiger partial charge in [0, 0.05) is 0 Å². The molecule has 0 aromatic rings. The second-order valence-electron chi connectivity index (χ2n) is 3.56. The molecule has 0 aromatic heterocycles. The summed E-state index contributed by atoms with van der Waals surface area (Å²) >= 11 is 0. The van der Waals surface area contributed by atoms with Crippen molar-refractivity contribution < 1.29 is 14.3 Å². The van der Waals surface area contributed by atoms with Gasteiger partial charge in [0.15, 0.2) is 0 Å². The predicted octanol–water partition coefficient (Wildman–Crippen LogP) is 2.91. The largest absolute Gasteiger partial charge is 0.508 e. The van der Waals surface area contributed by atoms with Crippen molar-refractivity contribution in [2.24, 2.45) is 5.92 Å². The Morgan fingerprint density at radius 1 is 1.43 bits per heavy atom. The first-order chi connectivity index (χ1) is 6.83. The van der Waals surface area contributed by atoms with Crippen LogP contribution < -0.4 is 0 Å². The molecule has 0 radical (unpaired) electrons. The third kappa shape index (κ3) is 4.30. The molecule has 14 heavy (non-hydrogen) atoms. The van der Waals surface area contributed by atoms with E-state index in [0.717, 1.165) is 25.7 Å². The quantitative estimate of drug-likeness (QED) is 0.514. The van der Waals surface area contributed by atoms with Crippen molar-refractivity contribution in [1.29, 1.82) is 0 Å². The average molecular weight is 198 g/mol. The summed E-state index contributed by atoms with van der Waals surface area (Å²) in [6.45, 7) is 2.90. The van der Waals surface area contributed by atoms with Crippen molar-refractivity contribution in [1.82, 2.24) is 0 Å². The van der Waals surface area contributed by atoms with Crippen LogP contribution in [0.15, 0.2) is 12.2 Å². The van der Waals surface area contributed by atoms with Crippen molar-refractivity contribution >= 4 is 6.16 Å². The molecule has 0 spiro atoms. The van der Waals surface area contributed by atoms with Gasteiger partial charge in [-0.3, -0.25) is 0 Å². The smallest absolute Gasteiger partial charge is 0.434 e. The summed E-state index contributed by atoms with van der Waals surface area (Å²) in [5.41, 5.74) is 0. The Balaban J connectivity index is 2.07. The van der Waals surface area contributed by atoms with E-state index in [0.29, 0.717) is 19.1 Å². The lowest BCUT2D eigenvalue weighted by atomic mass is 9.95. The minimum atomic E-state index is -0.526. The maximum atomic E-state index is 11.0. The molecular weight excluding hydrogens is 180 g/mol. The normalized spacial score (nSPS) is 20.5. The van der Waals surface area contributed by atoms with Crippen LogP contribution in [-0.4, -0.2) is 19.4 Å². The first-order valence-corrected chi connectivity index (χ1v) is 5.27. The molecule has 1 aliphatic carbocycles. The number of rotatable bonds is 4. The maximum absolute atomic E-state index is 11.0. The third-order valence-corrected chi connectivity index (χ3v) is 2.24. The number of hydrogen-bond acceptors (Lipinski definition) is 3. The van der Waals surface area contributed by atoms with Crippen molar-refractivity contribution in [3.8, 4) is 0 Å². The summed E-state index contributed by atoms with van der Waals surface area (Å²) in [5.74, 6) is 0.481. The molecule has 1 rings (SSSR count). The lowest BCUT2D eigenvalue weighted by molar-refractivity contribution is 0.0433. The van der Waals surface area contributed by atoms with E-state index in [9.17, 15) is 4.79 Å². The summed E-state index contributed by atoms with van der Waals surface area (Å²) in [7, 11) is 0. The van der Waals surface area contributed by atoms with E-state index < -0.39 is 6.16 Å². The maximum Gasteiger partial charge on any atom is 0.508 e. The summed E-state index contributed by atoms with van der Waals surface area (Å²) in [6, 6.07) is 0. The second-order valence-corrected chi connectivity index (χ2v) is 3.56. The van der Waals surface area contributed by atoms with Gasteiger partial charge in [-0.15, -0.1) is 0 Å². The number of hydrogen-bond donors (Lipinski definition) is 0. The molecule has 0 saturated carbocycles. The number of ether oxygens (including phenoxy) is 2. The van der Waals surface area contributed by atoms with E-state index in [1.807, 2.05) is 6.92 Å². The van der Waals surface area contributed by atoms with Gasteiger partial charge in [0.05, 0.1) is 13.2 Å². The van der Waals surface area contributed by atoms with Crippen LogP contribution in [0.4, 0.5) is 4.79 Å². The fourth-order valence-electron chi connectivity index (χ4n) is 1.42. The highest BCUT2D eigenvalue weighted by Gasteiger charge is 2.12. The number of carbonyl (C=O) groups excluding carboxylic acids is 1. The van der Waals surface area contributed by atoms with Crippen LogP contribution in [0.25, 0.3) is 0 Å². The first kappa shape index (κ1) is 11.1. The summed E-state index contributed by atoms with van der Waals surface area (Å²) < 4.78 is 9.79. The highest BCUT2D eigenvalue weighted by molar-refractivity contribution is 5.59. The fourth-order valence-corrected chi connectivity index (χ4v) is 1.42. The number of allylic oxidation sites excluding steroid dienone is 2. The molecule has 3 heteroatoms. The zero-order valence-corrected chi connectivity index (χ0v) is 8.70. The molecule has 80 valence electrons. The van der Waals surface area contributed by atoms with Crippen molar-refractivity contribution in [3.05, 3.63) is 12.2 Å². The minimum absolute atomic E-state index is 0.448. The molecule has 0 N–H and O–H groups in total. The molecule has 0 fully saturated rings. The molecule has 1 unspecified atom stereocenters. The Morgan fingerprint density at radius 3 is 2.93 bits per heavy atom. The molecule has 0 aliphatic heterocycles. The average Bonchev–Trinajstić information content (AvgIpc) is 2.25. The van der Waals surface area contributed by atoms with Crippen LogP contribution in [0.3, 0.4) is 0 Å². The Hall–Kier alpha value is -0.990. The van der Waals surface area contributed by atoms with Gasteiger partial charge in [0.2, 0.25) is 0 Å². The molecular formula is C11H18O3. The van der Waals surface area contributed by atoms with Crippen LogP contribution in [0.5, 0.6) is 0 Å². The second kappa shape index (κ2) is 6.46.